The first-order chi connectivity index (χ1) is 14.5. The molecule has 5 rings (SSSR count). The molecule has 2 aliphatic rings. The molecular formula is C22H19F2N3O3. The third kappa shape index (κ3) is 3.17. The van der Waals surface area contributed by atoms with E-state index in [0.29, 0.717) is 24.1 Å². The molecule has 1 fully saturated rings. The van der Waals surface area contributed by atoms with Gasteiger partial charge in [0.25, 0.3) is 11.8 Å². The quantitative estimate of drug-likeness (QED) is 0.666. The molecule has 30 heavy (non-hydrogen) atoms. The van der Waals surface area contributed by atoms with Gasteiger partial charge in [0.1, 0.15) is 11.6 Å². The van der Waals surface area contributed by atoms with E-state index in [1.807, 2.05) is 0 Å². The lowest BCUT2D eigenvalue weighted by Crippen LogP contribution is -2.35. The van der Waals surface area contributed by atoms with Gasteiger partial charge in [0, 0.05) is 29.5 Å². The summed E-state index contributed by atoms with van der Waals surface area (Å²) in [6, 6.07) is 7.06. The Hall–Kier alpha value is -3.13. The molecule has 2 aliphatic heterocycles. The average molecular weight is 411 g/mol. The fourth-order valence-electron chi connectivity index (χ4n) is 4.47. The summed E-state index contributed by atoms with van der Waals surface area (Å²) < 4.78 is 33.0. The number of fused-ring (bicyclic) bond motifs is 2. The van der Waals surface area contributed by atoms with Crippen molar-refractivity contribution in [3.05, 3.63) is 64.4 Å². The van der Waals surface area contributed by atoms with Crippen LogP contribution in [0.3, 0.4) is 0 Å². The molecule has 1 N–H and O–H groups in total. The van der Waals surface area contributed by atoms with Crippen LogP contribution in [0.15, 0.2) is 34.9 Å². The highest BCUT2D eigenvalue weighted by Gasteiger charge is 2.31. The molecular weight excluding hydrogens is 392 g/mol. The summed E-state index contributed by atoms with van der Waals surface area (Å²) in [7, 11) is 0. The summed E-state index contributed by atoms with van der Waals surface area (Å²) in [6.45, 7) is 2.18. The Morgan fingerprint density at radius 3 is 2.70 bits per heavy atom. The van der Waals surface area contributed by atoms with Crippen molar-refractivity contribution in [2.45, 2.75) is 25.2 Å². The number of carbonyl (C=O) groups excluding carboxylic acids is 2. The third-order valence-electron chi connectivity index (χ3n) is 6.07. The van der Waals surface area contributed by atoms with Crippen LogP contribution in [0, 0.1) is 11.6 Å². The van der Waals surface area contributed by atoms with Gasteiger partial charge in [0.05, 0.1) is 16.8 Å². The zero-order chi connectivity index (χ0) is 20.8. The van der Waals surface area contributed by atoms with Gasteiger partial charge < -0.3 is 9.42 Å². The van der Waals surface area contributed by atoms with Crippen molar-refractivity contribution in [1.29, 1.82) is 0 Å². The molecule has 3 aromatic rings. The van der Waals surface area contributed by atoms with Crippen LogP contribution < -0.4 is 5.32 Å². The van der Waals surface area contributed by atoms with Crippen LogP contribution in [-0.2, 0) is 6.42 Å². The number of rotatable bonds is 4. The minimum Gasteiger partial charge on any atom is -0.356 e. The van der Waals surface area contributed by atoms with Crippen molar-refractivity contribution < 1.29 is 22.9 Å². The number of piperidine rings is 1. The van der Waals surface area contributed by atoms with E-state index in [2.05, 4.69) is 15.4 Å². The maximum Gasteiger partial charge on any atom is 0.259 e. The standard InChI is InChI=1S/C22H19F2N3O3/c23-13-1-2-15-18(11-13)30-26-20(15)12-5-8-27(9-6-12)10-7-14-17(24)4-3-16-19(14)22(29)25-21(16)28/h1-4,11-12H,5-10H2,(H,25,28,29). The first kappa shape index (κ1) is 18.9. The maximum absolute atomic E-state index is 14.4. The topological polar surface area (TPSA) is 75.4 Å². The largest absolute Gasteiger partial charge is 0.356 e. The number of halogens is 2. The van der Waals surface area contributed by atoms with Crippen molar-refractivity contribution in [2.24, 2.45) is 0 Å². The lowest BCUT2D eigenvalue weighted by molar-refractivity contribution is 0.0879. The molecule has 2 aromatic carbocycles. The van der Waals surface area contributed by atoms with Gasteiger partial charge in [0.15, 0.2) is 5.58 Å². The van der Waals surface area contributed by atoms with Gasteiger partial charge in [-0.25, -0.2) is 8.78 Å². The van der Waals surface area contributed by atoms with Crippen LogP contribution in [0.4, 0.5) is 8.78 Å². The van der Waals surface area contributed by atoms with Crippen LogP contribution in [0.5, 0.6) is 0 Å². The van der Waals surface area contributed by atoms with E-state index < -0.39 is 17.6 Å². The molecule has 1 aromatic heterocycles. The lowest BCUT2D eigenvalue weighted by atomic mass is 9.91. The maximum atomic E-state index is 14.4. The summed E-state index contributed by atoms with van der Waals surface area (Å²) >= 11 is 0. The molecule has 0 spiro atoms. The lowest BCUT2D eigenvalue weighted by Gasteiger charge is -2.31. The number of nitrogens with one attached hydrogen (secondary N) is 1. The Bertz CT molecular complexity index is 1170. The second kappa shape index (κ2) is 7.28. The van der Waals surface area contributed by atoms with Crippen LogP contribution in [0.1, 0.15) is 50.7 Å². The van der Waals surface area contributed by atoms with Crippen LogP contribution in [0.25, 0.3) is 11.0 Å². The first-order valence-corrected chi connectivity index (χ1v) is 9.95. The van der Waals surface area contributed by atoms with Crippen molar-refractivity contribution >= 4 is 22.8 Å². The Morgan fingerprint density at radius 2 is 1.90 bits per heavy atom. The van der Waals surface area contributed by atoms with Crippen molar-refractivity contribution in [1.82, 2.24) is 15.4 Å². The second-order valence-corrected chi connectivity index (χ2v) is 7.81. The van der Waals surface area contributed by atoms with Gasteiger partial charge >= 0.3 is 0 Å². The van der Waals surface area contributed by atoms with E-state index in [9.17, 15) is 18.4 Å². The van der Waals surface area contributed by atoms with E-state index >= 15 is 0 Å². The number of likely N-dealkylation sites (tertiary alicyclic amines) is 1. The monoisotopic (exact) mass is 411 g/mol. The predicted octanol–water partition coefficient (Wildman–Crippen LogP) is 3.41. The summed E-state index contributed by atoms with van der Waals surface area (Å²) in [5.41, 5.74) is 2.00. The fourth-order valence-corrected chi connectivity index (χ4v) is 4.47. The smallest absolute Gasteiger partial charge is 0.259 e. The molecule has 3 heterocycles. The molecule has 0 aliphatic carbocycles. The van der Waals surface area contributed by atoms with Gasteiger partial charge in [0.2, 0.25) is 0 Å². The summed E-state index contributed by atoms with van der Waals surface area (Å²) in [6.07, 6.45) is 2.06. The molecule has 0 unspecified atom stereocenters. The highest BCUT2D eigenvalue weighted by atomic mass is 19.1. The molecule has 6 nitrogen and oxygen atoms in total. The molecule has 0 saturated carbocycles. The molecule has 8 heteroatoms. The predicted molar refractivity (Wildman–Crippen MR) is 104 cm³/mol. The zero-order valence-corrected chi connectivity index (χ0v) is 16.1. The highest BCUT2D eigenvalue weighted by molar-refractivity contribution is 6.22. The number of imide groups is 1. The summed E-state index contributed by atoms with van der Waals surface area (Å²) in [5, 5.41) is 7.23. The molecule has 1 saturated heterocycles. The zero-order valence-electron chi connectivity index (χ0n) is 16.1. The van der Waals surface area contributed by atoms with Gasteiger partial charge in [-0.3, -0.25) is 14.9 Å². The van der Waals surface area contributed by atoms with Crippen molar-refractivity contribution in [3.63, 3.8) is 0 Å². The Labute approximate surface area is 170 Å². The second-order valence-electron chi connectivity index (χ2n) is 7.81. The number of carbonyl (C=O) groups is 2. The van der Waals surface area contributed by atoms with Crippen LogP contribution in [0.2, 0.25) is 0 Å². The minimum atomic E-state index is -0.530. The van der Waals surface area contributed by atoms with Crippen molar-refractivity contribution in [3.8, 4) is 0 Å². The third-order valence-corrected chi connectivity index (χ3v) is 6.07. The SMILES string of the molecule is O=C1NC(=O)c2c1ccc(F)c2CCN1CCC(c2noc3cc(F)ccc23)CC1. The van der Waals surface area contributed by atoms with Gasteiger partial charge in [-0.15, -0.1) is 0 Å². The molecule has 0 atom stereocenters. The Morgan fingerprint density at radius 1 is 1.10 bits per heavy atom. The minimum absolute atomic E-state index is 0.163. The van der Waals surface area contributed by atoms with E-state index in [4.69, 9.17) is 4.52 Å². The fraction of sp³-hybridized carbons (Fsp3) is 0.318. The van der Waals surface area contributed by atoms with Crippen LogP contribution in [-0.4, -0.2) is 41.5 Å². The highest BCUT2D eigenvalue weighted by Crippen LogP contribution is 2.33. The number of nitrogens with zero attached hydrogens (tertiary/aromatic N) is 2. The molecule has 2 amide bonds. The van der Waals surface area contributed by atoms with Crippen molar-refractivity contribution in [2.75, 3.05) is 19.6 Å². The van der Waals surface area contributed by atoms with E-state index in [1.165, 1.54) is 24.3 Å². The van der Waals surface area contributed by atoms with Gasteiger partial charge in [-0.1, -0.05) is 5.16 Å². The van der Waals surface area contributed by atoms with E-state index in [-0.39, 0.29) is 22.9 Å². The Balaban J connectivity index is 1.25. The first-order valence-electron chi connectivity index (χ1n) is 9.95. The van der Waals surface area contributed by atoms with E-state index in [0.717, 1.165) is 37.0 Å². The van der Waals surface area contributed by atoms with Crippen LogP contribution >= 0.6 is 0 Å². The molecule has 154 valence electrons. The number of amides is 2. The summed E-state index contributed by atoms with van der Waals surface area (Å²) in [4.78, 5) is 26.1. The average Bonchev–Trinajstić information content (AvgIpc) is 3.28. The summed E-state index contributed by atoms with van der Waals surface area (Å²) in [5.74, 6) is -1.60. The van der Waals surface area contributed by atoms with E-state index in [1.54, 1.807) is 6.07 Å². The molecule has 0 radical (unpaired) electrons. The number of hydrogen-bond donors (Lipinski definition) is 1. The number of hydrogen-bond acceptors (Lipinski definition) is 5. The molecule has 0 bridgehead atoms. The Kier molecular flexibility index (Phi) is 4.58. The van der Waals surface area contributed by atoms with Gasteiger partial charge in [-0.05, 0) is 56.6 Å². The van der Waals surface area contributed by atoms with Gasteiger partial charge in [-0.2, -0.15) is 0 Å². The number of aromatic nitrogens is 1. The number of benzene rings is 2. The normalized spacial score (nSPS) is 17.5.